The Hall–Kier alpha value is -1.78. The first-order valence-electron chi connectivity index (χ1n) is 9.24. The minimum atomic E-state index is -0.0740. The lowest BCUT2D eigenvalue weighted by Gasteiger charge is -2.34. The van der Waals surface area contributed by atoms with Crippen molar-refractivity contribution in [1.82, 2.24) is 14.8 Å². The van der Waals surface area contributed by atoms with Gasteiger partial charge in [-0.05, 0) is 74.6 Å². The van der Waals surface area contributed by atoms with Gasteiger partial charge in [-0.3, -0.25) is 4.98 Å². The second-order valence-corrected chi connectivity index (χ2v) is 7.18. The number of nitrogens with zero attached hydrogens (tertiary/aromatic N) is 3. The van der Waals surface area contributed by atoms with E-state index in [0.29, 0.717) is 0 Å². The first kappa shape index (κ1) is 18.0. The third kappa shape index (κ3) is 5.62. The van der Waals surface area contributed by atoms with Gasteiger partial charge in [-0.1, -0.05) is 18.2 Å². The summed E-state index contributed by atoms with van der Waals surface area (Å²) in [7, 11) is 2.20. The third-order valence-electron chi connectivity index (χ3n) is 5.13. The number of aromatic nitrogens is 1. The predicted octanol–water partition coefficient (Wildman–Crippen LogP) is 3.61. The van der Waals surface area contributed by atoms with Crippen LogP contribution in [0.2, 0.25) is 0 Å². The Morgan fingerprint density at radius 1 is 1.12 bits per heavy atom. The Morgan fingerprint density at radius 2 is 1.84 bits per heavy atom. The minimum absolute atomic E-state index is 0.0740. The van der Waals surface area contributed by atoms with Crippen LogP contribution in [0.25, 0.3) is 0 Å². The smallest absolute Gasteiger partial charge is 0.126 e. The molecule has 25 heavy (non-hydrogen) atoms. The van der Waals surface area contributed by atoms with Crippen LogP contribution in [0, 0.1) is 11.7 Å². The summed E-state index contributed by atoms with van der Waals surface area (Å²) in [6.07, 6.45) is 6.99. The normalized spacial score (nSPS) is 16.4. The topological polar surface area (TPSA) is 19.4 Å². The van der Waals surface area contributed by atoms with Crippen molar-refractivity contribution in [2.45, 2.75) is 25.8 Å². The molecule has 2 heterocycles. The van der Waals surface area contributed by atoms with Crippen LogP contribution in [0.4, 0.5) is 4.39 Å². The fourth-order valence-electron chi connectivity index (χ4n) is 3.68. The molecule has 1 aliphatic rings. The van der Waals surface area contributed by atoms with Gasteiger partial charge in [-0.15, -0.1) is 0 Å². The average Bonchev–Trinajstić information content (AvgIpc) is 2.63. The van der Waals surface area contributed by atoms with Gasteiger partial charge in [0, 0.05) is 32.0 Å². The summed E-state index contributed by atoms with van der Waals surface area (Å²) in [5.74, 6) is 0.687. The first-order chi connectivity index (χ1) is 12.2. The molecule has 0 saturated carbocycles. The van der Waals surface area contributed by atoms with E-state index in [1.807, 2.05) is 24.5 Å². The van der Waals surface area contributed by atoms with Crippen LogP contribution in [0.3, 0.4) is 0 Å². The zero-order valence-corrected chi connectivity index (χ0v) is 15.1. The van der Waals surface area contributed by atoms with Crippen molar-refractivity contribution in [2.75, 3.05) is 33.2 Å². The largest absolute Gasteiger partial charge is 0.303 e. The molecule has 1 aromatic heterocycles. The molecule has 0 radical (unpaired) electrons. The first-order valence-corrected chi connectivity index (χ1v) is 9.24. The quantitative estimate of drug-likeness (QED) is 0.767. The predicted molar refractivity (Wildman–Crippen MR) is 99.8 cm³/mol. The Bertz CT molecular complexity index is 639. The van der Waals surface area contributed by atoms with Gasteiger partial charge in [-0.25, -0.2) is 4.39 Å². The van der Waals surface area contributed by atoms with Crippen LogP contribution in [-0.2, 0) is 13.0 Å². The molecule has 0 amide bonds. The maximum absolute atomic E-state index is 13.7. The molecule has 134 valence electrons. The van der Waals surface area contributed by atoms with Gasteiger partial charge < -0.3 is 9.80 Å². The number of likely N-dealkylation sites (tertiary alicyclic amines) is 1. The number of piperidine rings is 1. The molecule has 0 bridgehead atoms. The van der Waals surface area contributed by atoms with Crippen molar-refractivity contribution in [3.63, 3.8) is 0 Å². The van der Waals surface area contributed by atoms with Crippen molar-refractivity contribution >= 4 is 0 Å². The molecular formula is C21H28FN3. The van der Waals surface area contributed by atoms with Gasteiger partial charge in [0.05, 0.1) is 0 Å². The van der Waals surface area contributed by atoms with E-state index < -0.39 is 0 Å². The molecule has 4 heteroatoms. The summed E-state index contributed by atoms with van der Waals surface area (Å²) in [5, 5.41) is 0. The van der Waals surface area contributed by atoms with Crippen molar-refractivity contribution in [2.24, 2.45) is 5.92 Å². The van der Waals surface area contributed by atoms with E-state index in [9.17, 15) is 4.39 Å². The molecule has 0 aliphatic carbocycles. The van der Waals surface area contributed by atoms with Crippen molar-refractivity contribution in [3.05, 3.63) is 65.7 Å². The second-order valence-electron chi connectivity index (χ2n) is 7.18. The van der Waals surface area contributed by atoms with Crippen molar-refractivity contribution < 1.29 is 4.39 Å². The Kier molecular flexibility index (Phi) is 6.54. The molecule has 1 aromatic carbocycles. The highest BCUT2D eigenvalue weighted by Crippen LogP contribution is 2.19. The summed E-state index contributed by atoms with van der Waals surface area (Å²) in [6.45, 7) is 5.34. The molecular weight excluding hydrogens is 313 g/mol. The molecule has 3 rings (SSSR count). The fraction of sp³-hybridized carbons (Fsp3) is 0.476. The van der Waals surface area contributed by atoms with Crippen molar-refractivity contribution in [1.29, 1.82) is 0 Å². The zero-order chi connectivity index (χ0) is 17.5. The standard InChI is InChI=1S/C21H28FN3/c1-24(16-18-6-11-23-12-7-18)17-19-8-13-25(14-9-19)15-10-20-4-2-3-5-21(20)22/h2-7,11-12,19H,8-10,13-17H2,1H3. The Labute approximate surface area is 150 Å². The lowest BCUT2D eigenvalue weighted by molar-refractivity contribution is 0.153. The lowest BCUT2D eigenvalue weighted by Crippen LogP contribution is -2.38. The number of pyridine rings is 1. The third-order valence-corrected chi connectivity index (χ3v) is 5.13. The van der Waals surface area contributed by atoms with E-state index in [2.05, 4.69) is 34.0 Å². The van der Waals surface area contributed by atoms with Gasteiger partial charge >= 0.3 is 0 Å². The molecule has 1 aliphatic heterocycles. The Balaban J connectivity index is 1.37. The summed E-state index contributed by atoms with van der Waals surface area (Å²) < 4.78 is 13.7. The molecule has 1 fully saturated rings. The number of halogens is 1. The molecule has 2 aromatic rings. The summed E-state index contributed by atoms with van der Waals surface area (Å²) in [4.78, 5) is 8.96. The van der Waals surface area contributed by atoms with Crippen LogP contribution >= 0.6 is 0 Å². The van der Waals surface area contributed by atoms with E-state index >= 15 is 0 Å². The number of rotatable bonds is 7. The van der Waals surface area contributed by atoms with Gasteiger partial charge in [0.1, 0.15) is 5.82 Å². The van der Waals surface area contributed by atoms with Gasteiger partial charge in [0.25, 0.3) is 0 Å². The highest BCUT2D eigenvalue weighted by Gasteiger charge is 2.20. The monoisotopic (exact) mass is 341 g/mol. The van der Waals surface area contributed by atoms with Crippen molar-refractivity contribution in [3.8, 4) is 0 Å². The highest BCUT2D eigenvalue weighted by atomic mass is 19.1. The van der Waals surface area contributed by atoms with Crippen LogP contribution in [-0.4, -0.2) is 48.0 Å². The SMILES string of the molecule is CN(Cc1ccncc1)CC1CCN(CCc2ccccc2F)CC1. The summed E-state index contributed by atoms with van der Waals surface area (Å²) >= 11 is 0. The molecule has 1 saturated heterocycles. The maximum atomic E-state index is 13.7. The highest BCUT2D eigenvalue weighted by molar-refractivity contribution is 5.17. The molecule has 0 N–H and O–H groups in total. The zero-order valence-electron chi connectivity index (χ0n) is 15.1. The number of hydrogen-bond acceptors (Lipinski definition) is 3. The average molecular weight is 341 g/mol. The van der Waals surface area contributed by atoms with Crippen LogP contribution < -0.4 is 0 Å². The summed E-state index contributed by atoms with van der Waals surface area (Å²) in [5.41, 5.74) is 2.15. The molecule has 0 atom stereocenters. The number of hydrogen-bond donors (Lipinski definition) is 0. The van der Waals surface area contributed by atoms with E-state index in [0.717, 1.165) is 50.6 Å². The van der Waals surface area contributed by atoms with Crippen LogP contribution in [0.5, 0.6) is 0 Å². The van der Waals surface area contributed by atoms with Gasteiger partial charge in [0.15, 0.2) is 0 Å². The maximum Gasteiger partial charge on any atom is 0.126 e. The molecule has 0 unspecified atom stereocenters. The molecule has 3 nitrogen and oxygen atoms in total. The van der Waals surface area contributed by atoms with E-state index in [4.69, 9.17) is 0 Å². The van der Waals surface area contributed by atoms with Crippen LogP contribution in [0.15, 0.2) is 48.8 Å². The second kappa shape index (κ2) is 9.07. The number of benzene rings is 1. The fourth-order valence-corrected chi connectivity index (χ4v) is 3.68. The lowest BCUT2D eigenvalue weighted by atomic mass is 9.96. The van der Waals surface area contributed by atoms with Gasteiger partial charge in [-0.2, -0.15) is 0 Å². The van der Waals surface area contributed by atoms with Crippen LogP contribution in [0.1, 0.15) is 24.0 Å². The van der Waals surface area contributed by atoms with E-state index in [1.165, 1.54) is 18.4 Å². The van der Waals surface area contributed by atoms with Gasteiger partial charge in [0.2, 0.25) is 0 Å². The Morgan fingerprint density at radius 3 is 2.56 bits per heavy atom. The van der Waals surface area contributed by atoms with E-state index in [1.54, 1.807) is 12.1 Å². The molecule has 0 spiro atoms. The van der Waals surface area contributed by atoms with E-state index in [-0.39, 0.29) is 5.82 Å². The minimum Gasteiger partial charge on any atom is -0.303 e. The summed E-state index contributed by atoms with van der Waals surface area (Å²) in [6, 6.07) is 11.3.